The molecule has 0 radical (unpaired) electrons. The third kappa shape index (κ3) is 2.92. The fourth-order valence-corrected chi connectivity index (χ4v) is 2.80. The van der Waals surface area contributed by atoms with Crippen molar-refractivity contribution >= 4 is 22.6 Å². The lowest BCUT2D eigenvalue weighted by Crippen LogP contribution is -2.12. The van der Waals surface area contributed by atoms with Crippen molar-refractivity contribution in [1.82, 2.24) is 9.55 Å². The molecule has 0 fully saturated rings. The Morgan fingerprint density at radius 2 is 1.81 bits per heavy atom. The van der Waals surface area contributed by atoms with Crippen molar-refractivity contribution in [2.24, 2.45) is 0 Å². The van der Waals surface area contributed by atoms with E-state index in [-0.39, 0.29) is 5.91 Å². The van der Waals surface area contributed by atoms with Crippen LogP contribution in [-0.4, -0.2) is 15.5 Å². The molecule has 0 bridgehead atoms. The van der Waals surface area contributed by atoms with Crippen LogP contribution in [-0.2, 0) is 0 Å². The highest BCUT2D eigenvalue weighted by Crippen LogP contribution is 2.21. The summed E-state index contributed by atoms with van der Waals surface area (Å²) < 4.78 is 1.98. The first kappa shape index (κ1) is 15.6. The fourth-order valence-electron chi connectivity index (χ4n) is 2.80. The third-order valence-corrected chi connectivity index (χ3v) is 4.11. The van der Waals surface area contributed by atoms with Crippen molar-refractivity contribution in [2.45, 2.75) is 0 Å². The molecule has 0 aliphatic heterocycles. The van der Waals surface area contributed by atoms with E-state index in [9.17, 15) is 4.79 Å². The predicted molar refractivity (Wildman–Crippen MR) is 100 cm³/mol. The normalized spacial score (nSPS) is 10.4. The van der Waals surface area contributed by atoms with Crippen LogP contribution < -0.4 is 5.32 Å². The molecule has 0 unspecified atom stereocenters. The molecular weight excluding hydrogens is 324 g/mol. The van der Waals surface area contributed by atoms with Crippen molar-refractivity contribution in [1.29, 1.82) is 5.26 Å². The summed E-state index contributed by atoms with van der Waals surface area (Å²) in [4.78, 5) is 16.8. The van der Waals surface area contributed by atoms with Crippen LogP contribution in [0.3, 0.4) is 0 Å². The van der Waals surface area contributed by atoms with E-state index in [4.69, 9.17) is 5.26 Å². The molecule has 26 heavy (non-hydrogen) atoms. The highest BCUT2D eigenvalue weighted by Gasteiger charge is 2.08. The molecule has 124 valence electrons. The summed E-state index contributed by atoms with van der Waals surface area (Å²) in [6, 6.07) is 24.0. The Morgan fingerprint density at radius 3 is 2.62 bits per heavy atom. The number of nitrogens with one attached hydrogen (secondary N) is 1. The zero-order chi connectivity index (χ0) is 17.9. The molecule has 1 amide bonds. The Kier molecular flexibility index (Phi) is 3.92. The molecule has 5 heteroatoms. The molecule has 0 saturated carbocycles. The monoisotopic (exact) mass is 338 g/mol. The zero-order valence-electron chi connectivity index (χ0n) is 13.8. The molecule has 0 atom stereocenters. The van der Waals surface area contributed by atoms with Crippen LogP contribution in [0.1, 0.15) is 15.9 Å². The van der Waals surface area contributed by atoms with Gasteiger partial charge in [0, 0.05) is 16.9 Å². The molecule has 0 saturated heterocycles. The Labute approximate surface area is 150 Å². The topological polar surface area (TPSA) is 70.7 Å². The van der Waals surface area contributed by atoms with Crippen LogP contribution in [0.25, 0.3) is 16.7 Å². The number of anilines is 1. The van der Waals surface area contributed by atoms with E-state index in [1.165, 1.54) is 0 Å². The highest BCUT2D eigenvalue weighted by atomic mass is 16.1. The number of hydrogen-bond donors (Lipinski definition) is 1. The largest absolute Gasteiger partial charge is 0.322 e. The second-order valence-corrected chi connectivity index (χ2v) is 5.80. The van der Waals surface area contributed by atoms with Gasteiger partial charge in [-0.1, -0.05) is 18.2 Å². The van der Waals surface area contributed by atoms with Crippen LogP contribution >= 0.6 is 0 Å². The molecule has 0 aliphatic rings. The number of para-hydroxylation sites is 2. The predicted octanol–water partition coefficient (Wildman–Crippen LogP) is 4.15. The standard InChI is InChI=1S/C21H14N4O/c22-13-15-8-10-16(11-9-15)21(26)24-17-4-3-5-18(12-17)25-14-23-19-6-1-2-7-20(19)25/h1-12,14H,(H,24,26). The van der Waals surface area contributed by atoms with E-state index >= 15 is 0 Å². The van der Waals surface area contributed by atoms with Gasteiger partial charge in [0.15, 0.2) is 0 Å². The minimum Gasteiger partial charge on any atom is -0.322 e. The summed E-state index contributed by atoms with van der Waals surface area (Å²) in [6.07, 6.45) is 1.77. The van der Waals surface area contributed by atoms with E-state index in [1.54, 1.807) is 30.6 Å². The Hall–Kier alpha value is -3.91. The maximum atomic E-state index is 12.4. The summed E-state index contributed by atoms with van der Waals surface area (Å²) in [6.45, 7) is 0. The van der Waals surface area contributed by atoms with Gasteiger partial charge in [-0.3, -0.25) is 9.36 Å². The average molecular weight is 338 g/mol. The van der Waals surface area contributed by atoms with E-state index in [1.807, 2.05) is 59.2 Å². The van der Waals surface area contributed by atoms with Gasteiger partial charge in [0.25, 0.3) is 5.91 Å². The third-order valence-electron chi connectivity index (χ3n) is 4.11. The Bertz CT molecular complexity index is 1140. The first-order valence-corrected chi connectivity index (χ1v) is 8.09. The number of aromatic nitrogens is 2. The van der Waals surface area contributed by atoms with Gasteiger partial charge < -0.3 is 5.32 Å². The van der Waals surface area contributed by atoms with Gasteiger partial charge in [0.2, 0.25) is 0 Å². The van der Waals surface area contributed by atoms with Gasteiger partial charge in [-0.05, 0) is 54.6 Å². The quantitative estimate of drug-likeness (QED) is 0.610. The number of hydrogen-bond acceptors (Lipinski definition) is 3. The molecule has 4 aromatic rings. The van der Waals surface area contributed by atoms with Crippen LogP contribution in [0.2, 0.25) is 0 Å². The van der Waals surface area contributed by atoms with Crippen molar-refractivity contribution in [3.63, 3.8) is 0 Å². The fraction of sp³-hybridized carbons (Fsp3) is 0. The molecular formula is C21H14N4O. The number of rotatable bonds is 3. The summed E-state index contributed by atoms with van der Waals surface area (Å²) >= 11 is 0. The number of fused-ring (bicyclic) bond motifs is 1. The molecule has 1 heterocycles. The van der Waals surface area contributed by atoms with Crippen molar-refractivity contribution in [2.75, 3.05) is 5.32 Å². The van der Waals surface area contributed by atoms with Gasteiger partial charge in [0.1, 0.15) is 6.33 Å². The smallest absolute Gasteiger partial charge is 0.255 e. The minimum atomic E-state index is -0.220. The van der Waals surface area contributed by atoms with Gasteiger partial charge in [-0.15, -0.1) is 0 Å². The van der Waals surface area contributed by atoms with Gasteiger partial charge >= 0.3 is 0 Å². The van der Waals surface area contributed by atoms with Gasteiger partial charge in [-0.2, -0.15) is 5.26 Å². The second kappa shape index (κ2) is 6.54. The molecule has 0 aliphatic carbocycles. The maximum absolute atomic E-state index is 12.4. The number of imidazole rings is 1. The summed E-state index contributed by atoms with van der Waals surface area (Å²) in [7, 11) is 0. The van der Waals surface area contributed by atoms with Crippen molar-refractivity contribution in [3.8, 4) is 11.8 Å². The maximum Gasteiger partial charge on any atom is 0.255 e. The van der Waals surface area contributed by atoms with Crippen LogP contribution in [0.15, 0.2) is 79.1 Å². The van der Waals surface area contributed by atoms with E-state index in [2.05, 4.69) is 10.3 Å². The summed E-state index contributed by atoms with van der Waals surface area (Å²) in [5.41, 5.74) is 4.55. The first-order chi connectivity index (χ1) is 12.7. The van der Waals surface area contributed by atoms with E-state index in [0.717, 1.165) is 16.7 Å². The molecule has 4 rings (SSSR count). The first-order valence-electron chi connectivity index (χ1n) is 8.09. The SMILES string of the molecule is N#Cc1ccc(C(=O)Nc2cccc(-n3cnc4ccccc43)c2)cc1. The lowest BCUT2D eigenvalue weighted by atomic mass is 10.1. The number of carbonyl (C=O) groups excluding carboxylic acids is 1. The van der Waals surface area contributed by atoms with Crippen LogP contribution in [0, 0.1) is 11.3 Å². The molecule has 5 nitrogen and oxygen atoms in total. The molecule has 0 spiro atoms. The lowest BCUT2D eigenvalue weighted by Gasteiger charge is -2.09. The Balaban J connectivity index is 1.61. The number of amides is 1. The van der Waals surface area contributed by atoms with Gasteiger partial charge in [0.05, 0.1) is 22.7 Å². The summed E-state index contributed by atoms with van der Waals surface area (Å²) in [5, 5.41) is 11.7. The number of nitrogens with zero attached hydrogens (tertiary/aromatic N) is 3. The van der Waals surface area contributed by atoms with Gasteiger partial charge in [-0.25, -0.2) is 4.98 Å². The van der Waals surface area contributed by atoms with Crippen molar-refractivity contribution < 1.29 is 4.79 Å². The van der Waals surface area contributed by atoms with Crippen molar-refractivity contribution in [3.05, 3.63) is 90.3 Å². The zero-order valence-corrected chi connectivity index (χ0v) is 13.8. The average Bonchev–Trinajstić information content (AvgIpc) is 3.12. The number of nitriles is 1. The summed E-state index contributed by atoms with van der Waals surface area (Å²) in [5.74, 6) is -0.220. The van der Waals surface area contributed by atoms with Crippen LogP contribution in [0.5, 0.6) is 0 Å². The molecule has 1 N–H and O–H groups in total. The van der Waals surface area contributed by atoms with E-state index in [0.29, 0.717) is 16.8 Å². The minimum absolute atomic E-state index is 0.220. The highest BCUT2D eigenvalue weighted by molar-refractivity contribution is 6.04. The molecule has 3 aromatic carbocycles. The van der Waals surface area contributed by atoms with Crippen LogP contribution in [0.4, 0.5) is 5.69 Å². The number of benzene rings is 3. The lowest BCUT2D eigenvalue weighted by molar-refractivity contribution is 0.102. The molecule has 1 aromatic heterocycles. The Morgan fingerprint density at radius 1 is 1.00 bits per heavy atom. The second-order valence-electron chi connectivity index (χ2n) is 5.80. The van der Waals surface area contributed by atoms with E-state index < -0.39 is 0 Å². The number of carbonyl (C=O) groups is 1.